The highest BCUT2D eigenvalue weighted by atomic mass is 35.5. The summed E-state index contributed by atoms with van der Waals surface area (Å²) in [6, 6.07) is 19.3. The van der Waals surface area contributed by atoms with Crippen molar-refractivity contribution in [3.05, 3.63) is 88.5 Å². The maximum absolute atomic E-state index is 12.4. The minimum atomic E-state index is -0.214. The topological polar surface area (TPSA) is 59.8 Å². The molecule has 0 radical (unpaired) electrons. The molecule has 0 saturated carbocycles. The molecule has 4 rings (SSSR count). The van der Waals surface area contributed by atoms with Gasteiger partial charge in [0.15, 0.2) is 0 Å². The third-order valence-electron chi connectivity index (χ3n) is 5.07. The summed E-state index contributed by atoms with van der Waals surface area (Å²) in [5.74, 6) is 0.260. The molecule has 4 aromatic rings. The summed E-state index contributed by atoms with van der Waals surface area (Å²) in [6.07, 6.45) is 3.25. The van der Waals surface area contributed by atoms with Crippen molar-refractivity contribution in [3.63, 3.8) is 0 Å². The maximum Gasteiger partial charge on any atom is 0.248 e. The number of anilines is 1. The van der Waals surface area contributed by atoms with Crippen LogP contribution in [0.2, 0.25) is 5.02 Å². The predicted molar refractivity (Wildman–Crippen MR) is 127 cm³/mol. The molecule has 0 aliphatic carbocycles. The van der Waals surface area contributed by atoms with Gasteiger partial charge in [0.2, 0.25) is 5.91 Å². The van der Waals surface area contributed by atoms with Gasteiger partial charge in [-0.3, -0.25) is 4.79 Å². The summed E-state index contributed by atoms with van der Waals surface area (Å²) in [4.78, 5) is 14.0. The second-order valence-corrected chi connectivity index (χ2v) is 8.20. The second-order valence-electron chi connectivity index (χ2n) is 7.77. The van der Waals surface area contributed by atoms with Gasteiger partial charge in [-0.15, -0.1) is 10.2 Å². The van der Waals surface area contributed by atoms with E-state index in [1.165, 1.54) is 11.6 Å². The molecule has 1 heterocycles. The van der Waals surface area contributed by atoms with Gasteiger partial charge < -0.3 is 5.32 Å². The normalized spacial score (nSPS) is 11.5. The van der Waals surface area contributed by atoms with E-state index in [2.05, 4.69) is 41.5 Å². The molecule has 0 bridgehead atoms. The lowest BCUT2D eigenvalue weighted by molar-refractivity contribution is -0.111. The fraction of sp³-hybridized carbons (Fsp3) is 0.160. The van der Waals surface area contributed by atoms with Gasteiger partial charge in [0.25, 0.3) is 0 Å². The molecule has 0 aliphatic heterocycles. The first-order valence-electron chi connectivity index (χ1n) is 10.1. The van der Waals surface area contributed by atoms with Crippen LogP contribution >= 0.6 is 11.6 Å². The predicted octanol–water partition coefficient (Wildman–Crippen LogP) is 6.16. The van der Waals surface area contributed by atoms with Crippen LogP contribution in [0.5, 0.6) is 0 Å². The summed E-state index contributed by atoms with van der Waals surface area (Å²) in [6.45, 7) is 6.27. The standard InChI is InChI=1S/C25H23ClN4O/c1-16(2)19-7-11-21(12-8-19)30-28-23-14-17(3)22(15-24(23)29-30)27-25(31)13-6-18-4-9-20(26)10-5-18/h4-16H,1-3H3,(H,27,31)/b13-6+. The molecule has 0 fully saturated rings. The average molecular weight is 431 g/mol. The van der Waals surface area contributed by atoms with Crippen LogP contribution < -0.4 is 5.32 Å². The van der Waals surface area contributed by atoms with Crippen LogP contribution in [0.3, 0.4) is 0 Å². The Morgan fingerprint density at radius 3 is 2.29 bits per heavy atom. The molecule has 0 atom stereocenters. The number of nitrogens with one attached hydrogen (secondary N) is 1. The Bertz CT molecular complexity index is 1260. The van der Waals surface area contributed by atoms with Crippen molar-refractivity contribution in [1.82, 2.24) is 15.0 Å². The number of halogens is 1. The van der Waals surface area contributed by atoms with Crippen LogP contribution in [0.15, 0.2) is 66.7 Å². The number of aromatic nitrogens is 3. The number of hydrogen-bond donors (Lipinski definition) is 1. The van der Waals surface area contributed by atoms with Crippen LogP contribution in [-0.2, 0) is 4.79 Å². The highest BCUT2D eigenvalue weighted by molar-refractivity contribution is 6.30. The van der Waals surface area contributed by atoms with Gasteiger partial charge in [-0.1, -0.05) is 49.7 Å². The van der Waals surface area contributed by atoms with Crippen molar-refractivity contribution >= 4 is 40.3 Å². The number of rotatable bonds is 5. The number of amides is 1. The fourth-order valence-electron chi connectivity index (χ4n) is 3.23. The number of carbonyl (C=O) groups is 1. The summed E-state index contributed by atoms with van der Waals surface area (Å²) in [5, 5.41) is 12.8. The minimum absolute atomic E-state index is 0.214. The van der Waals surface area contributed by atoms with Crippen molar-refractivity contribution < 1.29 is 4.79 Å². The lowest BCUT2D eigenvalue weighted by Crippen LogP contribution is -2.08. The first-order valence-corrected chi connectivity index (χ1v) is 10.5. The molecule has 5 nitrogen and oxygen atoms in total. The third-order valence-corrected chi connectivity index (χ3v) is 5.32. The van der Waals surface area contributed by atoms with E-state index in [9.17, 15) is 4.79 Å². The van der Waals surface area contributed by atoms with Crippen molar-refractivity contribution in [1.29, 1.82) is 0 Å². The van der Waals surface area contributed by atoms with Gasteiger partial charge in [0.05, 0.1) is 5.69 Å². The molecular weight excluding hydrogens is 408 g/mol. The van der Waals surface area contributed by atoms with E-state index in [0.717, 1.165) is 27.8 Å². The average Bonchev–Trinajstić information content (AvgIpc) is 3.16. The van der Waals surface area contributed by atoms with E-state index in [4.69, 9.17) is 11.6 Å². The number of aryl methyl sites for hydroxylation is 1. The monoisotopic (exact) mass is 430 g/mol. The quantitative estimate of drug-likeness (QED) is 0.386. The maximum atomic E-state index is 12.4. The highest BCUT2D eigenvalue weighted by Gasteiger charge is 2.10. The summed E-state index contributed by atoms with van der Waals surface area (Å²) < 4.78 is 0. The van der Waals surface area contributed by atoms with E-state index in [1.54, 1.807) is 23.0 Å². The molecule has 0 saturated heterocycles. The fourth-order valence-corrected chi connectivity index (χ4v) is 3.36. The van der Waals surface area contributed by atoms with Crippen LogP contribution in [-0.4, -0.2) is 20.9 Å². The highest BCUT2D eigenvalue weighted by Crippen LogP contribution is 2.23. The number of hydrogen-bond acceptors (Lipinski definition) is 3. The second kappa shape index (κ2) is 8.74. The molecule has 31 heavy (non-hydrogen) atoms. The van der Waals surface area contributed by atoms with Crippen molar-refractivity contribution in [2.45, 2.75) is 26.7 Å². The van der Waals surface area contributed by atoms with E-state index in [0.29, 0.717) is 16.6 Å². The van der Waals surface area contributed by atoms with Crippen LogP contribution in [0, 0.1) is 6.92 Å². The van der Waals surface area contributed by atoms with Gasteiger partial charge in [-0.25, -0.2) is 0 Å². The number of benzene rings is 3. The number of nitrogens with zero attached hydrogens (tertiary/aromatic N) is 3. The lowest BCUT2D eigenvalue weighted by Gasteiger charge is -2.05. The van der Waals surface area contributed by atoms with Gasteiger partial charge in [0.1, 0.15) is 11.0 Å². The molecule has 0 spiro atoms. The zero-order valence-electron chi connectivity index (χ0n) is 17.6. The van der Waals surface area contributed by atoms with E-state index in [1.807, 2.05) is 43.3 Å². The zero-order valence-corrected chi connectivity index (χ0v) is 18.4. The van der Waals surface area contributed by atoms with Crippen LogP contribution in [0.4, 0.5) is 5.69 Å². The smallest absolute Gasteiger partial charge is 0.248 e. The molecule has 1 N–H and O–H groups in total. The van der Waals surface area contributed by atoms with Crippen molar-refractivity contribution in [2.75, 3.05) is 5.32 Å². The first kappa shape index (κ1) is 20.8. The Kier molecular flexibility index (Phi) is 5.87. The zero-order chi connectivity index (χ0) is 22.0. The van der Waals surface area contributed by atoms with Gasteiger partial charge in [-0.05, 0) is 72.0 Å². The molecular formula is C25H23ClN4O. The number of carbonyl (C=O) groups excluding carboxylic acids is 1. The molecule has 1 amide bonds. The molecule has 0 aliphatic rings. The SMILES string of the molecule is Cc1cc2nn(-c3ccc(C(C)C)cc3)nc2cc1NC(=O)/C=C/c1ccc(Cl)cc1. The van der Waals surface area contributed by atoms with Crippen molar-refractivity contribution in [2.24, 2.45) is 0 Å². The Balaban J connectivity index is 1.54. The molecule has 0 unspecified atom stereocenters. The van der Waals surface area contributed by atoms with Gasteiger partial charge >= 0.3 is 0 Å². The third kappa shape index (κ3) is 4.84. The molecule has 3 aromatic carbocycles. The lowest BCUT2D eigenvalue weighted by atomic mass is 10.0. The summed E-state index contributed by atoms with van der Waals surface area (Å²) >= 11 is 5.89. The Morgan fingerprint density at radius 2 is 1.65 bits per heavy atom. The summed E-state index contributed by atoms with van der Waals surface area (Å²) in [7, 11) is 0. The summed E-state index contributed by atoms with van der Waals surface area (Å²) in [5.41, 5.74) is 6.19. The molecule has 1 aromatic heterocycles. The van der Waals surface area contributed by atoms with Gasteiger partial charge in [0, 0.05) is 16.8 Å². The van der Waals surface area contributed by atoms with E-state index < -0.39 is 0 Å². The van der Waals surface area contributed by atoms with E-state index in [-0.39, 0.29) is 5.91 Å². The minimum Gasteiger partial charge on any atom is -0.322 e. The first-order chi connectivity index (χ1) is 14.9. The Morgan fingerprint density at radius 1 is 1.00 bits per heavy atom. The Labute approximate surface area is 186 Å². The van der Waals surface area contributed by atoms with Crippen molar-refractivity contribution in [3.8, 4) is 5.69 Å². The molecule has 6 heteroatoms. The Hall–Kier alpha value is -3.44. The van der Waals surface area contributed by atoms with Crippen LogP contribution in [0.1, 0.15) is 36.5 Å². The van der Waals surface area contributed by atoms with E-state index >= 15 is 0 Å². The van der Waals surface area contributed by atoms with Crippen LogP contribution in [0.25, 0.3) is 22.8 Å². The van der Waals surface area contributed by atoms with Gasteiger partial charge in [-0.2, -0.15) is 4.80 Å². The molecule has 156 valence electrons. The number of fused-ring (bicyclic) bond motifs is 1. The largest absolute Gasteiger partial charge is 0.322 e.